The molecule has 6 nitrogen and oxygen atoms in total. The molecule has 0 unspecified atom stereocenters. The molecule has 6 heteroatoms. The van der Waals surface area contributed by atoms with Crippen LogP contribution in [0.1, 0.15) is 38.9 Å². The van der Waals surface area contributed by atoms with Gasteiger partial charge < -0.3 is 10.4 Å². The predicted molar refractivity (Wildman–Crippen MR) is 76.5 cm³/mol. The highest BCUT2D eigenvalue weighted by Gasteiger charge is 2.16. The number of aliphatic hydroxyl groups excluding tert-OH is 1. The number of pyridine rings is 1. The third-order valence-corrected chi connectivity index (χ3v) is 2.89. The van der Waals surface area contributed by atoms with Crippen LogP contribution in [-0.2, 0) is 0 Å². The smallest absolute Gasteiger partial charge is 0.160 e. The molecule has 0 bridgehead atoms. The molecule has 0 saturated carbocycles. The molecular weight excluding hydrogens is 254 g/mol. The number of hydrogen-bond acceptors (Lipinski definition) is 5. The molecule has 0 aromatic carbocycles. The predicted octanol–water partition coefficient (Wildman–Crippen LogP) is 1.47. The van der Waals surface area contributed by atoms with Crippen LogP contribution in [0.5, 0.6) is 0 Å². The lowest BCUT2D eigenvalue weighted by Gasteiger charge is -2.22. The molecule has 0 fully saturated rings. The highest BCUT2D eigenvalue weighted by molar-refractivity contribution is 5.34. The number of nitrogens with zero attached hydrogens (tertiary/aromatic N) is 4. The Hall–Kier alpha value is -1.79. The van der Waals surface area contributed by atoms with E-state index in [0.717, 1.165) is 12.1 Å². The van der Waals surface area contributed by atoms with E-state index in [0.29, 0.717) is 12.2 Å². The minimum absolute atomic E-state index is 0.0450. The Balaban J connectivity index is 2.09. The van der Waals surface area contributed by atoms with Gasteiger partial charge in [0, 0.05) is 17.3 Å². The van der Waals surface area contributed by atoms with E-state index in [9.17, 15) is 5.11 Å². The molecule has 0 aliphatic rings. The Morgan fingerprint density at radius 2 is 2.15 bits per heavy atom. The molecule has 0 spiro atoms. The van der Waals surface area contributed by atoms with Crippen molar-refractivity contribution < 1.29 is 5.11 Å². The van der Waals surface area contributed by atoms with Gasteiger partial charge in [-0.2, -0.15) is 0 Å². The van der Waals surface area contributed by atoms with Gasteiger partial charge in [0.25, 0.3) is 0 Å². The molecule has 2 aromatic rings. The van der Waals surface area contributed by atoms with Gasteiger partial charge in [-0.05, 0) is 39.8 Å². The Bertz CT molecular complexity index is 533. The standard InChI is InChI=1S/C14H21N5O/c1-14(2,3)16-8-6-12(20)11-5-4-7-15-13(11)19-10-9-17-18-19/h4-5,7,9-10,12,16,20H,6,8H2,1-3H3/t12-/m0/s1. The van der Waals surface area contributed by atoms with Crippen molar-refractivity contribution in [1.82, 2.24) is 25.3 Å². The molecule has 20 heavy (non-hydrogen) atoms. The molecule has 2 rings (SSSR count). The van der Waals surface area contributed by atoms with E-state index in [1.165, 1.54) is 0 Å². The van der Waals surface area contributed by atoms with Crippen molar-refractivity contribution in [3.8, 4) is 5.82 Å². The molecule has 0 aliphatic heterocycles. The van der Waals surface area contributed by atoms with E-state index in [1.54, 1.807) is 23.3 Å². The van der Waals surface area contributed by atoms with Crippen molar-refractivity contribution in [3.05, 3.63) is 36.3 Å². The number of rotatable bonds is 5. The maximum absolute atomic E-state index is 10.4. The second-order valence-corrected chi connectivity index (χ2v) is 5.75. The second kappa shape index (κ2) is 6.11. The van der Waals surface area contributed by atoms with Crippen LogP contribution >= 0.6 is 0 Å². The van der Waals surface area contributed by atoms with Crippen LogP contribution in [0.3, 0.4) is 0 Å². The summed E-state index contributed by atoms with van der Waals surface area (Å²) in [6.45, 7) is 7.04. The summed E-state index contributed by atoms with van der Waals surface area (Å²) < 4.78 is 1.57. The highest BCUT2D eigenvalue weighted by Crippen LogP contribution is 2.21. The van der Waals surface area contributed by atoms with Crippen LogP contribution < -0.4 is 5.32 Å². The van der Waals surface area contributed by atoms with E-state index >= 15 is 0 Å². The number of nitrogens with one attached hydrogen (secondary N) is 1. The van der Waals surface area contributed by atoms with Gasteiger partial charge in [0.05, 0.1) is 18.5 Å². The average molecular weight is 275 g/mol. The summed E-state index contributed by atoms with van der Waals surface area (Å²) >= 11 is 0. The van der Waals surface area contributed by atoms with Gasteiger partial charge in [0.15, 0.2) is 5.82 Å². The Kier molecular flexibility index (Phi) is 4.46. The summed E-state index contributed by atoms with van der Waals surface area (Å²) in [6, 6.07) is 3.68. The van der Waals surface area contributed by atoms with Crippen LogP contribution in [0.25, 0.3) is 5.82 Å². The zero-order valence-electron chi connectivity index (χ0n) is 12.1. The molecule has 0 radical (unpaired) electrons. The third kappa shape index (κ3) is 3.85. The van der Waals surface area contributed by atoms with Crippen LogP contribution in [0, 0.1) is 0 Å². The monoisotopic (exact) mass is 275 g/mol. The maximum Gasteiger partial charge on any atom is 0.160 e. The largest absolute Gasteiger partial charge is 0.388 e. The van der Waals surface area contributed by atoms with E-state index < -0.39 is 6.10 Å². The summed E-state index contributed by atoms with van der Waals surface area (Å²) in [5.41, 5.74) is 0.803. The second-order valence-electron chi connectivity index (χ2n) is 5.75. The van der Waals surface area contributed by atoms with Crippen molar-refractivity contribution >= 4 is 0 Å². The van der Waals surface area contributed by atoms with E-state index in [2.05, 4.69) is 41.4 Å². The van der Waals surface area contributed by atoms with Crippen LogP contribution in [-0.4, -0.2) is 37.2 Å². The van der Waals surface area contributed by atoms with E-state index in [-0.39, 0.29) is 5.54 Å². The number of hydrogen-bond donors (Lipinski definition) is 2. The van der Waals surface area contributed by atoms with Crippen molar-refractivity contribution in [2.24, 2.45) is 0 Å². The molecule has 2 N–H and O–H groups in total. The summed E-state index contributed by atoms with van der Waals surface area (Å²) in [4.78, 5) is 4.28. The fourth-order valence-electron chi connectivity index (χ4n) is 1.92. The molecule has 0 aliphatic carbocycles. The zero-order valence-corrected chi connectivity index (χ0v) is 12.1. The number of aromatic nitrogens is 4. The van der Waals surface area contributed by atoms with Crippen molar-refractivity contribution in [2.45, 2.75) is 38.8 Å². The quantitative estimate of drug-likeness (QED) is 0.864. The molecule has 2 heterocycles. The first-order chi connectivity index (χ1) is 9.47. The summed E-state index contributed by atoms with van der Waals surface area (Å²) in [6.07, 6.45) is 5.02. The molecule has 2 aromatic heterocycles. The molecule has 0 amide bonds. The summed E-state index contributed by atoms with van der Waals surface area (Å²) in [5, 5.41) is 21.4. The Labute approximate surface area is 118 Å². The molecular formula is C14H21N5O. The molecule has 1 atom stereocenters. The minimum atomic E-state index is -0.585. The third-order valence-electron chi connectivity index (χ3n) is 2.89. The van der Waals surface area contributed by atoms with Gasteiger partial charge in [-0.25, -0.2) is 9.67 Å². The van der Waals surface area contributed by atoms with Gasteiger partial charge >= 0.3 is 0 Å². The first-order valence-corrected chi connectivity index (χ1v) is 6.72. The van der Waals surface area contributed by atoms with Gasteiger partial charge in [-0.1, -0.05) is 11.3 Å². The summed E-state index contributed by atoms with van der Waals surface area (Å²) in [7, 11) is 0. The fraction of sp³-hybridized carbons (Fsp3) is 0.500. The maximum atomic E-state index is 10.4. The van der Waals surface area contributed by atoms with Crippen LogP contribution in [0.15, 0.2) is 30.7 Å². The Morgan fingerprint density at radius 1 is 1.35 bits per heavy atom. The lowest BCUT2D eigenvalue weighted by molar-refractivity contribution is 0.162. The lowest BCUT2D eigenvalue weighted by Crippen LogP contribution is -2.36. The van der Waals surface area contributed by atoms with Gasteiger partial charge in [-0.3, -0.25) is 0 Å². The first kappa shape index (κ1) is 14.6. The molecule has 0 saturated heterocycles. The van der Waals surface area contributed by atoms with Crippen LogP contribution in [0.2, 0.25) is 0 Å². The SMILES string of the molecule is CC(C)(C)NCC[C@H](O)c1cccnc1-n1ccnn1. The normalized spacial score (nSPS) is 13.4. The van der Waals surface area contributed by atoms with Gasteiger partial charge in [-0.15, -0.1) is 5.10 Å². The van der Waals surface area contributed by atoms with Crippen molar-refractivity contribution in [3.63, 3.8) is 0 Å². The molecule has 108 valence electrons. The van der Waals surface area contributed by atoms with Crippen LogP contribution in [0.4, 0.5) is 0 Å². The zero-order chi connectivity index (χ0) is 14.6. The topological polar surface area (TPSA) is 75.9 Å². The lowest BCUT2D eigenvalue weighted by atomic mass is 10.1. The van der Waals surface area contributed by atoms with E-state index in [1.807, 2.05) is 12.1 Å². The summed E-state index contributed by atoms with van der Waals surface area (Å²) in [5.74, 6) is 0.619. The Morgan fingerprint density at radius 3 is 2.80 bits per heavy atom. The van der Waals surface area contributed by atoms with E-state index in [4.69, 9.17) is 0 Å². The van der Waals surface area contributed by atoms with Crippen molar-refractivity contribution in [2.75, 3.05) is 6.54 Å². The first-order valence-electron chi connectivity index (χ1n) is 6.72. The highest BCUT2D eigenvalue weighted by atomic mass is 16.3. The van der Waals surface area contributed by atoms with Gasteiger partial charge in [0.1, 0.15) is 0 Å². The number of aliphatic hydroxyl groups is 1. The average Bonchev–Trinajstić information content (AvgIpc) is 2.91. The minimum Gasteiger partial charge on any atom is -0.388 e. The van der Waals surface area contributed by atoms with Crippen molar-refractivity contribution in [1.29, 1.82) is 0 Å². The fourth-order valence-corrected chi connectivity index (χ4v) is 1.92. The van der Waals surface area contributed by atoms with Gasteiger partial charge in [0.2, 0.25) is 0 Å².